The average Bonchev–Trinajstić information content (AvgIpc) is 2.91. The Morgan fingerprint density at radius 1 is 1.05 bits per heavy atom. The molecular formula is C15H11ClN2O2. The third-order valence-electron chi connectivity index (χ3n) is 2.74. The lowest BCUT2D eigenvalue weighted by molar-refractivity contribution is 0.411. The van der Waals surface area contributed by atoms with E-state index in [-0.39, 0.29) is 5.75 Å². The van der Waals surface area contributed by atoms with E-state index >= 15 is 0 Å². The molecule has 0 atom stereocenters. The van der Waals surface area contributed by atoms with Crippen molar-refractivity contribution >= 4 is 11.6 Å². The lowest BCUT2D eigenvalue weighted by atomic mass is 10.3. The van der Waals surface area contributed by atoms with Gasteiger partial charge in [0, 0.05) is 5.02 Å². The van der Waals surface area contributed by atoms with E-state index in [0.717, 1.165) is 5.69 Å². The highest BCUT2D eigenvalue weighted by molar-refractivity contribution is 6.30. The summed E-state index contributed by atoms with van der Waals surface area (Å²) in [5.74, 6) is 1.02. The van der Waals surface area contributed by atoms with Crippen molar-refractivity contribution in [1.29, 1.82) is 0 Å². The summed E-state index contributed by atoms with van der Waals surface area (Å²) in [6, 6.07) is 14.1. The van der Waals surface area contributed by atoms with Gasteiger partial charge in [0.1, 0.15) is 0 Å². The molecule has 0 saturated heterocycles. The van der Waals surface area contributed by atoms with Crippen LogP contribution in [0.15, 0.2) is 60.9 Å². The van der Waals surface area contributed by atoms with E-state index in [2.05, 4.69) is 5.10 Å². The maximum Gasteiger partial charge on any atom is 0.169 e. The van der Waals surface area contributed by atoms with Crippen LogP contribution in [0.4, 0.5) is 0 Å². The van der Waals surface area contributed by atoms with Crippen molar-refractivity contribution in [2.75, 3.05) is 0 Å². The zero-order valence-corrected chi connectivity index (χ0v) is 11.2. The number of ether oxygens (including phenoxy) is 1. The summed E-state index contributed by atoms with van der Waals surface area (Å²) < 4.78 is 7.25. The number of phenols is 1. The van der Waals surface area contributed by atoms with E-state index in [4.69, 9.17) is 16.3 Å². The van der Waals surface area contributed by atoms with Crippen molar-refractivity contribution < 1.29 is 9.84 Å². The van der Waals surface area contributed by atoms with Crippen LogP contribution in [0.2, 0.25) is 5.02 Å². The Morgan fingerprint density at radius 2 is 1.80 bits per heavy atom. The van der Waals surface area contributed by atoms with Crippen LogP contribution < -0.4 is 4.74 Å². The topological polar surface area (TPSA) is 47.3 Å². The van der Waals surface area contributed by atoms with E-state index in [0.29, 0.717) is 16.5 Å². The van der Waals surface area contributed by atoms with Gasteiger partial charge in [-0.25, -0.2) is 4.68 Å². The number of hydrogen-bond donors (Lipinski definition) is 1. The highest BCUT2D eigenvalue weighted by Crippen LogP contribution is 2.29. The maximum absolute atomic E-state index is 9.66. The molecule has 1 heterocycles. The van der Waals surface area contributed by atoms with Gasteiger partial charge in [-0.05, 0) is 36.4 Å². The molecule has 0 aliphatic heterocycles. The monoisotopic (exact) mass is 286 g/mol. The Morgan fingerprint density at radius 3 is 2.55 bits per heavy atom. The van der Waals surface area contributed by atoms with Crippen LogP contribution in [0.25, 0.3) is 5.69 Å². The summed E-state index contributed by atoms with van der Waals surface area (Å²) in [6.07, 6.45) is 3.32. The van der Waals surface area contributed by atoms with E-state index in [1.54, 1.807) is 53.5 Å². The molecule has 20 heavy (non-hydrogen) atoms. The minimum absolute atomic E-state index is 0.0896. The summed E-state index contributed by atoms with van der Waals surface area (Å²) in [4.78, 5) is 0. The quantitative estimate of drug-likeness (QED) is 0.791. The third kappa shape index (κ3) is 2.60. The number of nitrogens with zero attached hydrogens (tertiary/aromatic N) is 2. The van der Waals surface area contributed by atoms with Gasteiger partial charge in [0.05, 0.1) is 18.1 Å². The molecule has 0 spiro atoms. The molecular weight excluding hydrogens is 276 g/mol. The van der Waals surface area contributed by atoms with E-state index in [9.17, 15) is 5.11 Å². The number of aromatic hydroxyl groups is 1. The Kier molecular flexibility index (Phi) is 3.31. The normalized spacial score (nSPS) is 10.4. The fourth-order valence-electron chi connectivity index (χ4n) is 1.76. The summed E-state index contributed by atoms with van der Waals surface area (Å²) in [5.41, 5.74) is 0.876. The second kappa shape index (κ2) is 5.27. The van der Waals surface area contributed by atoms with Gasteiger partial charge in [-0.3, -0.25) is 0 Å². The summed E-state index contributed by atoms with van der Waals surface area (Å²) in [7, 11) is 0. The van der Waals surface area contributed by atoms with Crippen molar-refractivity contribution in [1.82, 2.24) is 9.78 Å². The number of aromatic nitrogens is 2. The van der Waals surface area contributed by atoms with Gasteiger partial charge < -0.3 is 9.84 Å². The van der Waals surface area contributed by atoms with Crippen molar-refractivity contribution in [3.05, 3.63) is 65.9 Å². The number of halogens is 1. The predicted octanol–water partition coefficient (Wildman–Crippen LogP) is 4.02. The summed E-state index contributed by atoms with van der Waals surface area (Å²) in [6.45, 7) is 0. The van der Waals surface area contributed by atoms with Crippen molar-refractivity contribution in [2.24, 2.45) is 0 Å². The van der Waals surface area contributed by atoms with E-state index in [1.807, 2.05) is 12.1 Å². The van der Waals surface area contributed by atoms with Gasteiger partial charge in [0.25, 0.3) is 0 Å². The highest BCUT2D eigenvalue weighted by Gasteiger charge is 2.06. The van der Waals surface area contributed by atoms with Gasteiger partial charge >= 0.3 is 0 Å². The minimum Gasteiger partial charge on any atom is -0.504 e. The lowest BCUT2D eigenvalue weighted by Gasteiger charge is -2.04. The van der Waals surface area contributed by atoms with Gasteiger partial charge in [0.15, 0.2) is 17.2 Å². The summed E-state index contributed by atoms with van der Waals surface area (Å²) >= 11 is 5.85. The number of benzene rings is 2. The fourth-order valence-corrected chi connectivity index (χ4v) is 1.89. The molecule has 4 nitrogen and oxygen atoms in total. The van der Waals surface area contributed by atoms with E-state index in [1.165, 1.54) is 0 Å². The Hall–Kier alpha value is -2.46. The first-order valence-electron chi connectivity index (χ1n) is 5.99. The fraction of sp³-hybridized carbons (Fsp3) is 0. The second-order valence-corrected chi connectivity index (χ2v) is 4.60. The molecule has 0 aliphatic carbocycles. The first-order valence-corrected chi connectivity index (χ1v) is 6.36. The van der Waals surface area contributed by atoms with Crippen LogP contribution in [-0.4, -0.2) is 14.9 Å². The molecule has 0 fully saturated rings. The Bertz CT molecular complexity index is 723. The predicted molar refractivity (Wildman–Crippen MR) is 76.8 cm³/mol. The smallest absolute Gasteiger partial charge is 0.169 e. The number of hydrogen-bond acceptors (Lipinski definition) is 3. The third-order valence-corrected chi connectivity index (χ3v) is 3.00. The lowest BCUT2D eigenvalue weighted by Crippen LogP contribution is -1.92. The van der Waals surface area contributed by atoms with Gasteiger partial charge in [-0.2, -0.15) is 5.10 Å². The first-order chi connectivity index (χ1) is 9.72. The van der Waals surface area contributed by atoms with Crippen LogP contribution in [-0.2, 0) is 0 Å². The summed E-state index contributed by atoms with van der Waals surface area (Å²) in [5, 5.41) is 14.5. The molecule has 100 valence electrons. The van der Waals surface area contributed by atoms with Crippen LogP contribution in [0.1, 0.15) is 0 Å². The van der Waals surface area contributed by atoms with Crippen LogP contribution in [0.3, 0.4) is 0 Å². The SMILES string of the molecule is Oc1ccccc1Oc1cnn(-c2ccc(Cl)cc2)c1. The van der Waals surface area contributed by atoms with Crippen molar-refractivity contribution in [3.63, 3.8) is 0 Å². The molecule has 3 rings (SSSR count). The number of para-hydroxylation sites is 2. The van der Waals surface area contributed by atoms with Gasteiger partial charge in [-0.1, -0.05) is 23.7 Å². The molecule has 5 heteroatoms. The number of rotatable bonds is 3. The zero-order chi connectivity index (χ0) is 13.9. The molecule has 2 aromatic carbocycles. The molecule has 1 N–H and O–H groups in total. The maximum atomic E-state index is 9.66. The van der Waals surface area contributed by atoms with Crippen LogP contribution in [0, 0.1) is 0 Å². The minimum atomic E-state index is 0.0896. The molecule has 0 bridgehead atoms. The van der Waals surface area contributed by atoms with E-state index < -0.39 is 0 Å². The zero-order valence-electron chi connectivity index (χ0n) is 10.4. The van der Waals surface area contributed by atoms with Crippen LogP contribution in [0.5, 0.6) is 17.2 Å². The number of phenolic OH excluding ortho intramolecular Hbond substituents is 1. The Balaban J connectivity index is 1.84. The molecule has 0 aliphatic rings. The largest absolute Gasteiger partial charge is 0.504 e. The highest BCUT2D eigenvalue weighted by atomic mass is 35.5. The standard InChI is InChI=1S/C15H11ClN2O2/c16-11-5-7-12(8-6-11)18-10-13(9-17-18)20-15-4-2-1-3-14(15)19/h1-10,19H. The van der Waals surface area contributed by atoms with Crippen molar-refractivity contribution in [2.45, 2.75) is 0 Å². The molecule has 3 aromatic rings. The second-order valence-electron chi connectivity index (χ2n) is 4.17. The molecule has 0 saturated carbocycles. The average molecular weight is 287 g/mol. The van der Waals surface area contributed by atoms with Crippen LogP contribution >= 0.6 is 11.6 Å². The molecule has 0 amide bonds. The van der Waals surface area contributed by atoms with Gasteiger partial charge in [-0.15, -0.1) is 0 Å². The first kappa shape index (κ1) is 12.6. The van der Waals surface area contributed by atoms with Gasteiger partial charge in [0.2, 0.25) is 0 Å². The van der Waals surface area contributed by atoms with Crippen molar-refractivity contribution in [3.8, 4) is 22.9 Å². The molecule has 0 radical (unpaired) electrons. The molecule has 0 unspecified atom stereocenters. The Labute approximate surface area is 120 Å². The molecule has 1 aromatic heterocycles.